The van der Waals surface area contributed by atoms with Crippen molar-refractivity contribution in [1.29, 1.82) is 0 Å². The summed E-state index contributed by atoms with van der Waals surface area (Å²) in [6.45, 7) is 2.36. The molecular formula is C16H15ClO3. The minimum absolute atomic E-state index is 0.0212. The minimum Gasteiger partial charge on any atom is -0.490 e. The molecule has 0 saturated carbocycles. The second-order valence-electron chi connectivity index (χ2n) is 4.23. The van der Waals surface area contributed by atoms with Gasteiger partial charge in [-0.15, -0.1) is 0 Å². The van der Waals surface area contributed by atoms with Crippen molar-refractivity contribution < 1.29 is 14.3 Å². The van der Waals surface area contributed by atoms with Crippen molar-refractivity contribution in [1.82, 2.24) is 0 Å². The lowest BCUT2D eigenvalue weighted by atomic mass is 10.1. The number of hydrogen-bond donors (Lipinski definition) is 0. The summed E-state index contributed by atoms with van der Waals surface area (Å²) < 4.78 is 11.0. The van der Waals surface area contributed by atoms with Crippen LogP contribution in [0.4, 0.5) is 0 Å². The molecule has 0 heterocycles. The van der Waals surface area contributed by atoms with Crippen LogP contribution < -0.4 is 9.47 Å². The molecule has 2 aromatic rings. The maximum Gasteiger partial charge on any atom is 0.159 e. The summed E-state index contributed by atoms with van der Waals surface area (Å²) in [6.07, 6.45) is 0. The third-order valence-corrected chi connectivity index (χ3v) is 2.93. The molecular weight excluding hydrogens is 276 g/mol. The Kier molecular flexibility index (Phi) is 5.02. The lowest BCUT2D eigenvalue weighted by Crippen LogP contribution is -2.09. The third kappa shape index (κ3) is 4.28. The topological polar surface area (TPSA) is 35.5 Å². The zero-order valence-corrected chi connectivity index (χ0v) is 11.9. The van der Waals surface area contributed by atoms with Gasteiger partial charge in [-0.05, 0) is 43.3 Å². The van der Waals surface area contributed by atoms with Gasteiger partial charge in [-0.3, -0.25) is 4.79 Å². The third-order valence-electron chi connectivity index (χ3n) is 2.67. The summed E-state index contributed by atoms with van der Waals surface area (Å²) in [7, 11) is 0. The van der Waals surface area contributed by atoms with Gasteiger partial charge in [-0.2, -0.15) is 0 Å². The van der Waals surface area contributed by atoms with Gasteiger partial charge in [0, 0.05) is 10.6 Å². The van der Waals surface area contributed by atoms with Gasteiger partial charge in [0.2, 0.25) is 0 Å². The second-order valence-corrected chi connectivity index (χ2v) is 4.67. The van der Waals surface area contributed by atoms with E-state index >= 15 is 0 Å². The molecule has 3 nitrogen and oxygen atoms in total. The molecule has 0 aliphatic rings. The number of rotatable bonds is 6. The number of Topliss-reactive ketones (excluding diaryl/α,β-unsaturated/α-hetero) is 1. The van der Waals surface area contributed by atoms with Gasteiger partial charge in [0.1, 0.15) is 24.7 Å². The van der Waals surface area contributed by atoms with Gasteiger partial charge < -0.3 is 9.47 Å². The zero-order valence-electron chi connectivity index (χ0n) is 11.1. The molecule has 0 bridgehead atoms. The summed E-state index contributed by atoms with van der Waals surface area (Å²) in [5.74, 6) is 1.43. The first-order valence-electron chi connectivity index (χ1n) is 6.27. The van der Waals surface area contributed by atoms with Gasteiger partial charge in [0.05, 0.1) is 0 Å². The van der Waals surface area contributed by atoms with E-state index in [1.165, 1.54) is 6.92 Å². The zero-order chi connectivity index (χ0) is 14.4. The van der Waals surface area contributed by atoms with Crippen LogP contribution in [0.1, 0.15) is 17.3 Å². The van der Waals surface area contributed by atoms with E-state index in [1.54, 1.807) is 42.5 Å². The standard InChI is InChI=1S/C16H15ClO3/c1-12(18)13-3-2-4-16(11-13)20-10-9-19-15-7-5-14(17)6-8-15/h2-8,11H,9-10H2,1H3. The van der Waals surface area contributed by atoms with Crippen LogP contribution in [0, 0.1) is 0 Å². The average Bonchev–Trinajstić information content (AvgIpc) is 2.46. The maximum absolute atomic E-state index is 11.2. The summed E-state index contributed by atoms with van der Waals surface area (Å²) >= 11 is 5.79. The number of carbonyl (C=O) groups excluding carboxylic acids is 1. The van der Waals surface area contributed by atoms with Crippen LogP contribution in [0.5, 0.6) is 11.5 Å². The van der Waals surface area contributed by atoms with Crippen LogP contribution in [-0.2, 0) is 0 Å². The molecule has 0 aliphatic heterocycles. The van der Waals surface area contributed by atoms with Gasteiger partial charge in [0.25, 0.3) is 0 Å². The largest absolute Gasteiger partial charge is 0.490 e. The molecule has 4 heteroatoms. The number of hydrogen-bond acceptors (Lipinski definition) is 3. The molecule has 0 unspecified atom stereocenters. The van der Waals surface area contributed by atoms with E-state index in [0.717, 1.165) is 5.75 Å². The van der Waals surface area contributed by atoms with Crippen LogP contribution >= 0.6 is 11.6 Å². The van der Waals surface area contributed by atoms with E-state index in [2.05, 4.69) is 0 Å². The number of ether oxygens (including phenoxy) is 2. The average molecular weight is 291 g/mol. The molecule has 0 aliphatic carbocycles. The van der Waals surface area contributed by atoms with Crippen molar-refractivity contribution in [3.05, 3.63) is 59.1 Å². The van der Waals surface area contributed by atoms with Crippen molar-refractivity contribution in [2.24, 2.45) is 0 Å². The fourth-order valence-electron chi connectivity index (χ4n) is 1.65. The van der Waals surface area contributed by atoms with Crippen molar-refractivity contribution in [2.45, 2.75) is 6.92 Å². The van der Waals surface area contributed by atoms with E-state index in [1.807, 2.05) is 6.07 Å². The Bertz CT molecular complexity index is 579. The Morgan fingerprint density at radius 1 is 1.00 bits per heavy atom. The molecule has 0 amide bonds. The highest BCUT2D eigenvalue weighted by atomic mass is 35.5. The predicted molar refractivity (Wildman–Crippen MR) is 78.9 cm³/mol. The maximum atomic E-state index is 11.2. The number of halogens is 1. The molecule has 0 atom stereocenters. The summed E-state index contributed by atoms with van der Waals surface area (Å²) in [5.41, 5.74) is 0.640. The predicted octanol–water partition coefficient (Wildman–Crippen LogP) is 4.00. The summed E-state index contributed by atoms with van der Waals surface area (Å²) in [4.78, 5) is 11.2. The van der Waals surface area contributed by atoms with Crippen molar-refractivity contribution in [2.75, 3.05) is 13.2 Å². The van der Waals surface area contributed by atoms with Gasteiger partial charge in [-0.25, -0.2) is 0 Å². The quantitative estimate of drug-likeness (QED) is 0.596. The van der Waals surface area contributed by atoms with Gasteiger partial charge >= 0.3 is 0 Å². The second kappa shape index (κ2) is 6.96. The fourth-order valence-corrected chi connectivity index (χ4v) is 1.78. The highest BCUT2D eigenvalue weighted by molar-refractivity contribution is 6.30. The van der Waals surface area contributed by atoms with Crippen LogP contribution in [0.15, 0.2) is 48.5 Å². The van der Waals surface area contributed by atoms with E-state index in [4.69, 9.17) is 21.1 Å². The first-order chi connectivity index (χ1) is 9.65. The molecule has 0 spiro atoms. The highest BCUT2D eigenvalue weighted by Gasteiger charge is 2.01. The van der Waals surface area contributed by atoms with E-state index in [-0.39, 0.29) is 5.78 Å². The highest BCUT2D eigenvalue weighted by Crippen LogP contribution is 2.16. The Morgan fingerprint density at radius 3 is 2.30 bits per heavy atom. The molecule has 0 aromatic heterocycles. The van der Waals surface area contributed by atoms with Crippen LogP contribution in [-0.4, -0.2) is 19.0 Å². The molecule has 0 saturated heterocycles. The monoisotopic (exact) mass is 290 g/mol. The molecule has 104 valence electrons. The van der Waals surface area contributed by atoms with Crippen molar-refractivity contribution >= 4 is 17.4 Å². The molecule has 20 heavy (non-hydrogen) atoms. The van der Waals surface area contributed by atoms with Crippen molar-refractivity contribution in [3.63, 3.8) is 0 Å². The Hall–Kier alpha value is -2.00. The number of benzene rings is 2. The van der Waals surface area contributed by atoms with Crippen LogP contribution in [0.2, 0.25) is 5.02 Å². The minimum atomic E-state index is 0.0212. The van der Waals surface area contributed by atoms with Crippen LogP contribution in [0.25, 0.3) is 0 Å². The first-order valence-corrected chi connectivity index (χ1v) is 6.65. The van der Waals surface area contributed by atoms with E-state index in [0.29, 0.717) is 29.5 Å². The molecule has 2 aromatic carbocycles. The normalized spacial score (nSPS) is 10.1. The smallest absolute Gasteiger partial charge is 0.159 e. The Balaban J connectivity index is 1.79. The van der Waals surface area contributed by atoms with Gasteiger partial charge in [-0.1, -0.05) is 23.7 Å². The summed E-state index contributed by atoms with van der Waals surface area (Å²) in [6, 6.07) is 14.3. The Morgan fingerprint density at radius 2 is 1.65 bits per heavy atom. The van der Waals surface area contributed by atoms with E-state index in [9.17, 15) is 4.79 Å². The SMILES string of the molecule is CC(=O)c1cccc(OCCOc2ccc(Cl)cc2)c1. The fraction of sp³-hybridized carbons (Fsp3) is 0.188. The molecule has 0 N–H and O–H groups in total. The molecule has 0 fully saturated rings. The number of carbonyl (C=O) groups is 1. The van der Waals surface area contributed by atoms with Gasteiger partial charge in [0.15, 0.2) is 5.78 Å². The Labute approximate surface area is 123 Å². The lowest BCUT2D eigenvalue weighted by molar-refractivity contribution is 0.101. The molecule has 2 rings (SSSR count). The van der Waals surface area contributed by atoms with E-state index < -0.39 is 0 Å². The lowest BCUT2D eigenvalue weighted by Gasteiger charge is -2.09. The van der Waals surface area contributed by atoms with Crippen LogP contribution in [0.3, 0.4) is 0 Å². The molecule has 0 radical (unpaired) electrons. The first kappa shape index (κ1) is 14.4. The van der Waals surface area contributed by atoms with Crippen molar-refractivity contribution in [3.8, 4) is 11.5 Å². The number of ketones is 1. The summed E-state index contributed by atoms with van der Waals surface area (Å²) in [5, 5.41) is 0.676.